The smallest absolute Gasteiger partial charge is 0.325 e. The van der Waals surface area contributed by atoms with Gasteiger partial charge in [0.05, 0.1) is 6.61 Å². The molecule has 6 rings (SSSR count). The Morgan fingerprint density at radius 3 is 1.88 bits per heavy atom. The summed E-state index contributed by atoms with van der Waals surface area (Å²) in [6, 6.07) is 14.4. The van der Waals surface area contributed by atoms with E-state index >= 15 is 0 Å². The summed E-state index contributed by atoms with van der Waals surface area (Å²) in [6.07, 6.45) is 10.1. The lowest BCUT2D eigenvalue weighted by Crippen LogP contribution is -2.50. The number of carbonyl (C=O) groups is 3. The average Bonchev–Trinajstić information content (AvgIpc) is 3.44. The second-order valence-corrected chi connectivity index (χ2v) is 12.1. The molecule has 10 heteroatoms. The molecule has 222 valence electrons. The number of esters is 1. The first-order valence-corrected chi connectivity index (χ1v) is 15.5. The Labute approximate surface area is 256 Å². The van der Waals surface area contributed by atoms with Crippen molar-refractivity contribution in [2.75, 3.05) is 13.2 Å². The van der Waals surface area contributed by atoms with Gasteiger partial charge in [0.15, 0.2) is 0 Å². The minimum Gasteiger partial charge on any atom is -0.465 e. The van der Waals surface area contributed by atoms with E-state index in [1.165, 1.54) is 6.42 Å². The summed E-state index contributed by atoms with van der Waals surface area (Å²) in [5.74, 6) is -0.644. The van der Waals surface area contributed by atoms with Crippen molar-refractivity contribution in [1.29, 1.82) is 0 Å². The van der Waals surface area contributed by atoms with E-state index in [2.05, 4.69) is 10.3 Å². The Morgan fingerprint density at radius 1 is 0.810 bits per heavy atom. The van der Waals surface area contributed by atoms with Crippen molar-refractivity contribution >= 4 is 52.4 Å². The van der Waals surface area contributed by atoms with Gasteiger partial charge >= 0.3 is 5.97 Å². The Bertz CT molecular complexity index is 1380. The van der Waals surface area contributed by atoms with E-state index in [0.29, 0.717) is 28.1 Å². The Balaban J connectivity index is 0.000000175. The molecule has 0 bridgehead atoms. The number of ether oxygens (including phenoxy) is 1. The zero-order valence-corrected chi connectivity index (χ0v) is 25.3. The molecule has 2 amide bonds. The molecule has 4 aliphatic rings. The number of nitrogens with zero attached hydrogens (tertiary/aromatic N) is 3. The largest absolute Gasteiger partial charge is 0.465 e. The van der Waals surface area contributed by atoms with E-state index in [4.69, 9.17) is 32.9 Å². The molecule has 2 spiro atoms. The molecular formula is C32H36Cl2N4O4. The number of rotatable bonds is 5. The number of benzene rings is 2. The Hall–Kier alpha value is -3.23. The summed E-state index contributed by atoms with van der Waals surface area (Å²) in [4.78, 5) is 48.1. The zero-order chi connectivity index (χ0) is 29.7. The molecule has 1 N–H and O–H groups in total. The van der Waals surface area contributed by atoms with Crippen molar-refractivity contribution in [3.63, 3.8) is 0 Å². The van der Waals surface area contributed by atoms with Gasteiger partial charge in [-0.25, -0.2) is 0 Å². The SMILES string of the molecule is CCOC(=O)CN1C(=O)C(c2ccc(Cl)cc2)=NC12CCCCC2.O=C1NC2(CCCCC2)N=C1c1ccc(Cl)cc1. The molecular weight excluding hydrogens is 575 g/mol. The summed E-state index contributed by atoms with van der Waals surface area (Å²) >= 11 is 11.8. The molecule has 8 nitrogen and oxygen atoms in total. The molecule has 2 aliphatic carbocycles. The molecule has 2 fully saturated rings. The number of hydrogen-bond acceptors (Lipinski definition) is 6. The van der Waals surface area contributed by atoms with Crippen molar-refractivity contribution in [2.24, 2.45) is 9.98 Å². The van der Waals surface area contributed by atoms with Crippen LogP contribution in [-0.4, -0.2) is 58.6 Å². The lowest BCUT2D eigenvalue weighted by Gasteiger charge is -2.38. The molecule has 0 saturated heterocycles. The number of hydrogen-bond donors (Lipinski definition) is 1. The van der Waals surface area contributed by atoms with Gasteiger partial charge in [-0.05, 0) is 82.6 Å². The van der Waals surface area contributed by atoms with Gasteiger partial charge in [-0.2, -0.15) is 0 Å². The van der Waals surface area contributed by atoms with Crippen molar-refractivity contribution in [1.82, 2.24) is 10.2 Å². The van der Waals surface area contributed by atoms with Crippen LogP contribution in [0.15, 0.2) is 58.5 Å². The van der Waals surface area contributed by atoms with Crippen LogP contribution in [0.4, 0.5) is 0 Å². The fourth-order valence-corrected chi connectivity index (χ4v) is 6.48. The van der Waals surface area contributed by atoms with Crippen molar-refractivity contribution < 1.29 is 19.1 Å². The van der Waals surface area contributed by atoms with E-state index in [9.17, 15) is 14.4 Å². The number of aliphatic imine (C=N–C) groups is 2. The van der Waals surface area contributed by atoms with Crippen LogP contribution < -0.4 is 5.32 Å². The van der Waals surface area contributed by atoms with Gasteiger partial charge < -0.3 is 15.0 Å². The third-order valence-electron chi connectivity index (χ3n) is 8.32. The van der Waals surface area contributed by atoms with Gasteiger partial charge in [0.25, 0.3) is 11.8 Å². The number of carbonyl (C=O) groups excluding carboxylic acids is 3. The maximum absolute atomic E-state index is 13.0. The molecule has 2 aromatic rings. The Kier molecular flexibility index (Phi) is 9.33. The van der Waals surface area contributed by atoms with Crippen LogP contribution in [0.3, 0.4) is 0 Å². The number of nitrogens with one attached hydrogen (secondary N) is 1. The lowest BCUT2D eigenvalue weighted by atomic mass is 9.88. The monoisotopic (exact) mass is 610 g/mol. The molecule has 2 heterocycles. The third kappa shape index (κ3) is 6.55. The highest BCUT2D eigenvalue weighted by Gasteiger charge is 2.48. The topological polar surface area (TPSA) is 100 Å². The van der Waals surface area contributed by atoms with E-state index in [1.807, 2.05) is 12.1 Å². The van der Waals surface area contributed by atoms with Gasteiger partial charge in [-0.15, -0.1) is 0 Å². The molecule has 2 aliphatic heterocycles. The third-order valence-corrected chi connectivity index (χ3v) is 8.82. The molecule has 0 unspecified atom stereocenters. The predicted octanol–water partition coefficient (Wildman–Crippen LogP) is 6.11. The van der Waals surface area contributed by atoms with Crippen LogP contribution >= 0.6 is 23.2 Å². The number of amides is 2. The molecule has 0 atom stereocenters. The van der Waals surface area contributed by atoms with Crippen LogP contribution in [-0.2, 0) is 19.1 Å². The fourth-order valence-electron chi connectivity index (χ4n) is 6.22. The zero-order valence-electron chi connectivity index (χ0n) is 23.8. The van der Waals surface area contributed by atoms with Crippen LogP contribution in [0.2, 0.25) is 10.0 Å². The van der Waals surface area contributed by atoms with Crippen LogP contribution in [0, 0.1) is 0 Å². The highest BCUT2D eigenvalue weighted by atomic mass is 35.5. The van der Waals surface area contributed by atoms with Gasteiger partial charge in [-0.1, -0.05) is 60.3 Å². The molecule has 2 aromatic carbocycles. The van der Waals surface area contributed by atoms with Crippen LogP contribution in [0.1, 0.15) is 82.3 Å². The summed E-state index contributed by atoms with van der Waals surface area (Å²) in [5, 5.41) is 4.34. The van der Waals surface area contributed by atoms with Crippen LogP contribution in [0.25, 0.3) is 0 Å². The Morgan fingerprint density at radius 2 is 1.33 bits per heavy atom. The molecule has 0 radical (unpaired) electrons. The first-order valence-electron chi connectivity index (χ1n) is 14.8. The van der Waals surface area contributed by atoms with Gasteiger partial charge in [-0.3, -0.25) is 24.4 Å². The first-order chi connectivity index (χ1) is 20.2. The maximum Gasteiger partial charge on any atom is 0.325 e. The highest BCUT2D eigenvalue weighted by molar-refractivity contribution is 6.47. The van der Waals surface area contributed by atoms with Gasteiger partial charge in [0.1, 0.15) is 29.3 Å². The predicted molar refractivity (Wildman–Crippen MR) is 164 cm³/mol. The minimum atomic E-state index is -0.600. The van der Waals surface area contributed by atoms with Crippen molar-refractivity contribution in [3.8, 4) is 0 Å². The van der Waals surface area contributed by atoms with E-state index in [1.54, 1.807) is 48.2 Å². The van der Waals surface area contributed by atoms with Crippen molar-refractivity contribution in [2.45, 2.75) is 82.5 Å². The second-order valence-electron chi connectivity index (χ2n) is 11.2. The standard InChI is InChI=1S/C18H21ClN2O3.C14H15ClN2O/c1-2-24-15(22)12-21-17(23)16(13-6-8-14(19)9-7-13)20-18(21)10-4-3-5-11-18;15-11-6-4-10(5-7-11)12-13(18)17-14(16-12)8-2-1-3-9-14/h6-9H,2-5,10-12H2,1H3;4-7H,1-3,8-9H2,(H,17,18). The van der Waals surface area contributed by atoms with Gasteiger partial charge in [0, 0.05) is 21.2 Å². The normalized spacial score (nSPS) is 20.5. The quantitative estimate of drug-likeness (QED) is 0.412. The van der Waals surface area contributed by atoms with E-state index in [-0.39, 0.29) is 30.0 Å². The fraction of sp³-hybridized carbons (Fsp3) is 0.469. The minimum absolute atomic E-state index is 0.0484. The molecule has 2 saturated carbocycles. The summed E-state index contributed by atoms with van der Waals surface area (Å²) in [7, 11) is 0. The summed E-state index contributed by atoms with van der Waals surface area (Å²) in [5.41, 5.74) is 1.62. The second kappa shape index (κ2) is 13.0. The average molecular weight is 612 g/mol. The first kappa shape index (κ1) is 30.2. The molecule has 0 aromatic heterocycles. The van der Waals surface area contributed by atoms with Gasteiger partial charge in [0.2, 0.25) is 0 Å². The van der Waals surface area contributed by atoms with Crippen LogP contribution in [0.5, 0.6) is 0 Å². The van der Waals surface area contributed by atoms with E-state index in [0.717, 1.165) is 68.9 Å². The highest BCUT2D eigenvalue weighted by Crippen LogP contribution is 2.39. The summed E-state index contributed by atoms with van der Waals surface area (Å²) < 4.78 is 5.04. The lowest BCUT2D eigenvalue weighted by molar-refractivity contribution is -0.150. The van der Waals surface area contributed by atoms with Crippen molar-refractivity contribution in [3.05, 3.63) is 69.7 Å². The maximum atomic E-state index is 13.0. The number of halogens is 2. The summed E-state index contributed by atoms with van der Waals surface area (Å²) in [6.45, 7) is 2.02. The van der Waals surface area contributed by atoms with E-state index < -0.39 is 5.66 Å². The molecule has 42 heavy (non-hydrogen) atoms.